The third-order valence-electron chi connectivity index (χ3n) is 3.83. The first kappa shape index (κ1) is 13.1. The number of carbonyl (C=O) groups is 2. The van der Waals surface area contributed by atoms with Crippen molar-refractivity contribution in [3.8, 4) is 0 Å². The van der Waals surface area contributed by atoms with Crippen molar-refractivity contribution in [3.05, 3.63) is 12.2 Å². The molecule has 0 aromatic heterocycles. The Morgan fingerprint density at radius 1 is 1.33 bits per heavy atom. The van der Waals surface area contributed by atoms with Crippen LogP contribution in [0.2, 0.25) is 0 Å². The van der Waals surface area contributed by atoms with Gasteiger partial charge in [0.05, 0.1) is 0 Å². The number of hydrogen-bond donors (Lipinski definition) is 0. The highest BCUT2D eigenvalue weighted by Gasteiger charge is 2.56. The van der Waals surface area contributed by atoms with Gasteiger partial charge in [-0.15, -0.1) is 0 Å². The lowest BCUT2D eigenvalue weighted by atomic mass is 9.80. The van der Waals surface area contributed by atoms with E-state index in [2.05, 4.69) is 6.58 Å². The average molecular weight is 252 g/mol. The van der Waals surface area contributed by atoms with Crippen molar-refractivity contribution in [3.63, 3.8) is 0 Å². The monoisotopic (exact) mass is 252 g/mol. The van der Waals surface area contributed by atoms with Crippen molar-refractivity contribution < 1.29 is 19.1 Å². The van der Waals surface area contributed by atoms with Crippen LogP contribution in [0.4, 0.5) is 0 Å². The zero-order chi connectivity index (χ0) is 13.4. The van der Waals surface area contributed by atoms with Gasteiger partial charge in [-0.05, 0) is 39.5 Å². The first-order valence-corrected chi connectivity index (χ1v) is 6.49. The molecular weight excluding hydrogens is 232 g/mol. The van der Waals surface area contributed by atoms with Gasteiger partial charge in [0.25, 0.3) is 0 Å². The smallest absolute Gasteiger partial charge is 0.351 e. The molecule has 1 unspecified atom stereocenters. The van der Waals surface area contributed by atoms with Crippen LogP contribution in [-0.2, 0) is 19.1 Å². The Kier molecular flexibility index (Phi) is 3.21. The molecule has 0 aromatic rings. The molecule has 1 saturated carbocycles. The molecule has 0 N–H and O–H groups in total. The third kappa shape index (κ3) is 2.28. The molecule has 1 saturated heterocycles. The van der Waals surface area contributed by atoms with E-state index >= 15 is 0 Å². The van der Waals surface area contributed by atoms with Crippen LogP contribution >= 0.6 is 0 Å². The lowest BCUT2D eigenvalue weighted by Crippen LogP contribution is -2.38. The van der Waals surface area contributed by atoms with Crippen molar-refractivity contribution in [2.24, 2.45) is 0 Å². The standard InChI is InChI=1S/C14H20O4/c1-10(2)11(15)17-13(3)9-14(18-12(13)16)7-5-4-6-8-14/h1,4-9H2,2-3H3. The van der Waals surface area contributed by atoms with Gasteiger partial charge in [0, 0.05) is 12.0 Å². The molecule has 2 fully saturated rings. The summed E-state index contributed by atoms with van der Waals surface area (Å²) in [6.45, 7) is 6.74. The Morgan fingerprint density at radius 2 is 1.94 bits per heavy atom. The second kappa shape index (κ2) is 4.41. The maximum absolute atomic E-state index is 12.0. The summed E-state index contributed by atoms with van der Waals surface area (Å²) >= 11 is 0. The van der Waals surface area contributed by atoms with Crippen LogP contribution in [0, 0.1) is 0 Å². The Morgan fingerprint density at radius 3 is 2.50 bits per heavy atom. The van der Waals surface area contributed by atoms with Crippen molar-refractivity contribution >= 4 is 11.9 Å². The molecular formula is C14H20O4. The molecule has 0 radical (unpaired) electrons. The van der Waals surface area contributed by atoms with E-state index in [1.54, 1.807) is 13.8 Å². The van der Waals surface area contributed by atoms with Crippen LogP contribution in [0.15, 0.2) is 12.2 Å². The van der Waals surface area contributed by atoms with Gasteiger partial charge in [-0.25, -0.2) is 9.59 Å². The molecule has 0 aromatic carbocycles. The molecule has 4 nitrogen and oxygen atoms in total. The van der Waals surface area contributed by atoms with E-state index in [9.17, 15) is 9.59 Å². The maximum Gasteiger partial charge on any atom is 0.351 e. The summed E-state index contributed by atoms with van der Waals surface area (Å²) in [6, 6.07) is 0. The summed E-state index contributed by atoms with van der Waals surface area (Å²) in [4.78, 5) is 23.6. The highest BCUT2D eigenvalue weighted by Crippen LogP contribution is 2.45. The predicted octanol–water partition coefficient (Wildman–Crippen LogP) is 2.51. The van der Waals surface area contributed by atoms with Crippen LogP contribution in [0.5, 0.6) is 0 Å². The van der Waals surface area contributed by atoms with Crippen molar-refractivity contribution in [2.45, 2.75) is 63.6 Å². The molecule has 1 heterocycles. The first-order valence-electron chi connectivity index (χ1n) is 6.49. The van der Waals surface area contributed by atoms with E-state index in [0.717, 1.165) is 25.7 Å². The van der Waals surface area contributed by atoms with E-state index in [1.165, 1.54) is 6.42 Å². The van der Waals surface area contributed by atoms with Crippen LogP contribution in [0.3, 0.4) is 0 Å². The van der Waals surface area contributed by atoms with E-state index in [1.807, 2.05) is 0 Å². The topological polar surface area (TPSA) is 52.6 Å². The molecule has 2 rings (SSSR count). The Balaban J connectivity index is 2.12. The van der Waals surface area contributed by atoms with Gasteiger partial charge in [0.15, 0.2) is 0 Å². The van der Waals surface area contributed by atoms with Gasteiger partial charge in [-0.1, -0.05) is 13.0 Å². The molecule has 0 amide bonds. The Bertz CT molecular complexity index is 393. The number of ether oxygens (including phenoxy) is 2. The normalized spacial score (nSPS) is 30.0. The fraction of sp³-hybridized carbons (Fsp3) is 0.714. The molecule has 1 spiro atoms. The lowest BCUT2D eigenvalue weighted by molar-refractivity contribution is -0.170. The highest BCUT2D eigenvalue weighted by atomic mass is 16.6. The van der Waals surface area contributed by atoms with E-state index in [-0.39, 0.29) is 0 Å². The van der Waals surface area contributed by atoms with Crippen LogP contribution in [-0.4, -0.2) is 23.1 Å². The number of hydrogen-bond acceptors (Lipinski definition) is 4. The zero-order valence-electron chi connectivity index (χ0n) is 11.1. The maximum atomic E-state index is 12.0. The van der Waals surface area contributed by atoms with Gasteiger partial charge in [0.1, 0.15) is 5.60 Å². The molecule has 2 aliphatic rings. The molecule has 1 atom stereocenters. The minimum Gasteiger partial charge on any atom is -0.456 e. The van der Waals surface area contributed by atoms with Gasteiger partial charge in [-0.3, -0.25) is 0 Å². The van der Waals surface area contributed by atoms with E-state index < -0.39 is 23.1 Å². The van der Waals surface area contributed by atoms with Gasteiger partial charge in [-0.2, -0.15) is 0 Å². The third-order valence-corrected chi connectivity index (χ3v) is 3.83. The summed E-state index contributed by atoms with van der Waals surface area (Å²) < 4.78 is 10.8. The summed E-state index contributed by atoms with van der Waals surface area (Å²) in [6.07, 6.45) is 5.53. The van der Waals surface area contributed by atoms with Gasteiger partial charge < -0.3 is 9.47 Å². The minimum absolute atomic E-state index is 0.300. The molecule has 0 bridgehead atoms. The molecule has 18 heavy (non-hydrogen) atoms. The van der Waals surface area contributed by atoms with Gasteiger partial charge >= 0.3 is 11.9 Å². The summed E-state index contributed by atoms with van der Waals surface area (Å²) in [5, 5.41) is 0. The fourth-order valence-corrected chi connectivity index (χ4v) is 2.87. The summed E-state index contributed by atoms with van der Waals surface area (Å²) in [5.41, 5.74) is -1.25. The van der Waals surface area contributed by atoms with Crippen molar-refractivity contribution in [1.29, 1.82) is 0 Å². The van der Waals surface area contributed by atoms with Crippen LogP contribution in [0.1, 0.15) is 52.4 Å². The van der Waals surface area contributed by atoms with Crippen molar-refractivity contribution in [1.82, 2.24) is 0 Å². The zero-order valence-corrected chi connectivity index (χ0v) is 11.1. The second-order valence-electron chi connectivity index (χ2n) is 5.71. The van der Waals surface area contributed by atoms with Crippen LogP contribution < -0.4 is 0 Å². The number of esters is 2. The molecule has 4 heteroatoms. The SMILES string of the molecule is C=C(C)C(=O)OC1(C)CC2(CCCCC2)OC1=O. The molecule has 1 aliphatic carbocycles. The number of rotatable bonds is 2. The fourth-order valence-electron chi connectivity index (χ4n) is 2.87. The van der Waals surface area contributed by atoms with E-state index in [4.69, 9.17) is 9.47 Å². The van der Waals surface area contributed by atoms with E-state index in [0.29, 0.717) is 12.0 Å². The lowest BCUT2D eigenvalue weighted by Gasteiger charge is -2.31. The Labute approximate surface area is 107 Å². The summed E-state index contributed by atoms with van der Waals surface area (Å²) in [7, 11) is 0. The molecule has 1 aliphatic heterocycles. The second-order valence-corrected chi connectivity index (χ2v) is 5.71. The Hall–Kier alpha value is -1.32. The largest absolute Gasteiger partial charge is 0.456 e. The average Bonchev–Trinajstić information content (AvgIpc) is 2.51. The van der Waals surface area contributed by atoms with Crippen molar-refractivity contribution in [2.75, 3.05) is 0 Å². The molecule has 100 valence electrons. The number of carbonyl (C=O) groups excluding carboxylic acids is 2. The van der Waals surface area contributed by atoms with Gasteiger partial charge in [0.2, 0.25) is 5.60 Å². The first-order chi connectivity index (χ1) is 8.37. The minimum atomic E-state index is -1.15. The predicted molar refractivity (Wildman–Crippen MR) is 65.8 cm³/mol. The highest BCUT2D eigenvalue weighted by molar-refractivity contribution is 5.91. The quantitative estimate of drug-likeness (QED) is 0.559. The van der Waals surface area contributed by atoms with Crippen LogP contribution in [0.25, 0.3) is 0 Å². The summed E-state index contributed by atoms with van der Waals surface area (Å²) in [5.74, 6) is -0.943.